The number of halogens is 2. The van der Waals surface area contributed by atoms with Crippen LogP contribution in [-0.2, 0) is 0 Å². The van der Waals surface area contributed by atoms with Crippen molar-refractivity contribution < 1.29 is 9.50 Å². The smallest absolute Gasteiger partial charge is 0.165 e. The Morgan fingerprint density at radius 2 is 2.21 bits per heavy atom. The molecule has 0 aliphatic carbocycles. The van der Waals surface area contributed by atoms with E-state index in [2.05, 4.69) is 15.9 Å². The van der Waals surface area contributed by atoms with Crippen molar-refractivity contribution in [2.45, 2.75) is 19.8 Å². The van der Waals surface area contributed by atoms with Crippen molar-refractivity contribution in [2.75, 3.05) is 6.54 Å². The summed E-state index contributed by atoms with van der Waals surface area (Å²) in [4.78, 5) is 0. The van der Waals surface area contributed by atoms with E-state index in [1.54, 1.807) is 6.92 Å². The summed E-state index contributed by atoms with van der Waals surface area (Å²) in [5.41, 5.74) is 6.79. The lowest BCUT2D eigenvalue weighted by Gasteiger charge is -2.15. The molecule has 0 amide bonds. The van der Waals surface area contributed by atoms with Gasteiger partial charge in [0, 0.05) is 10.0 Å². The molecule has 1 aromatic rings. The maximum absolute atomic E-state index is 13.2. The molecule has 0 fully saturated rings. The number of benzene rings is 1. The molecule has 4 heteroatoms. The quantitative estimate of drug-likeness (QED) is 0.860. The molecule has 0 heterocycles. The molecule has 0 saturated carbocycles. The Bertz CT molecular complexity index is 328. The summed E-state index contributed by atoms with van der Waals surface area (Å²) < 4.78 is 13.9. The van der Waals surface area contributed by atoms with Gasteiger partial charge in [-0.2, -0.15) is 0 Å². The molecule has 1 unspecified atom stereocenters. The van der Waals surface area contributed by atoms with Gasteiger partial charge >= 0.3 is 0 Å². The SMILES string of the molecule is Cc1cc(F)c(O)c(C(C)CN)c1Br. The van der Waals surface area contributed by atoms with Crippen LogP contribution in [0.25, 0.3) is 0 Å². The summed E-state index contributed by atoms with van der Waals surface area (Å²) in [7, 11) is 0. The van der Waals surface area contributed by atoms with Gasteiger partial charge in [0.15, 0.2) is 11.6 Å². The van der Waals surface area contributed by atoms with Crippen LogP contribution in [0.2, 0.25) is 0 Å². The highest BCUT2D eigenvalue weighted by Crippen LogP contribution is 2.36. The van der Waals surface area contributed by atoms with Gasteiger partial charge in [-0.3, -0.25) is 0 Å². The fourth-order valence-corrected chi connectivity index (χ4v) is 2.03. The molecule has 1 atom stereocenters. The molecule has 3 N–H and O–H groups in total. The Morgan fingerprint density at radius 3 is 2.71 bits per heavy atom. The molecule has 0 saturated heterocycles. The van der Waals surface area contributed by atoms with Crippen molar-refractivity contribution in [1.82, 2.24) is 0 Å². The molecule has 0 aliphatic heterocycles. The minimum Gasteiger partial charge on any atom is -0.505 e. The lowest BCUT2D eigenvalue weighted by Crippen LogP contribution is -2.10. The number of hydrogen-bond acceptors (Lipinski definition) is 2. The normalized spacial score (nSPS) is 12.9. The summed E-state index contributed by atoms with van der Waals surface area (Å²) in [6.45, 7) is 3.99. The number of phenols is 1. The number of rotatable bonds is 2. The molecule has 14 heavy (non-hydrogen) atoms. The fourth-order valence-electron chi connectivity index (χ4n) is 1.33. The number of phenolic OH excluding ortho intramolecular Hbond substituents is 1. The van der Waals surface area contributed by atoms with E-state index in [-0.39, 0.29) is 11.7 Å². The zero-order chi connectivity index (χ0) is 10.9. The number of nitrogens with two attached hydrogens (primary N) is 1. The van der Waals surface area contributed by atoms with Gasteiger partial charge in [-0.15, -0.1) is 0 Å². The van der Waals surface area contributed by atoms with Gasteiger partial charge in [-0.1, -0.05) is 22.9 Å². The molecular formula is C10H13BrFNO. The van der Waals surface area contributed by atoms with Crippen molar-refractivity contribution in [3.05, 3.63) is 27.5 Å². The van der Waals surface area contributed by atoms with Gasteiger partial charge in [-0.05, 0) is 31.0 Å². The van der Waals surface area contributed by atoms with Gasteiger partial charge in [0.25, 0.3) is 0 Å². The number of aryl methyl sites for hydroxylation is 1. The lowest BCUT2D eigenvalue weighted by atomic mass is 9.98. The molecule has 0 bridgehead atoms. The van der Waals surface area contributed by atoms with E-state index in [4.69, 9.17) is 5.73 Å². The maximum Gasteiger partial charge on any atom is 0.165 e. The molecular weight excluding hydrogens is 249 g/mol. The van der Waals surface area contributed by atoms with Crippen LogP contribution >= 0.6 is 15.9 Å². The van der Waals surface area contributed by atoms with Gasteiger partial charge < -0.3 is 10.8 Å². The average Bonchev–Trinajstić information content (AvgIpc) is 2.15. The van der Waals surface area contributed by atoms with Gasteiger partial charge in [0.2, 0.25) is 0 Å². The predicted molar refractivity (Wildman–Crippen MR) is 58.0 cm³/mol. The van der Waals surface area contributed by atoms with Crippen LogP contribution in [0.15, 0.2) is 10.5 Å². The van der Waals surface area contributed by atoms with Crippen molar-refractivity contribution in [2.24, 2.45) is 5.73 Å². The summed E-state index contributed by atoms with van der Waals surface area (Å²) in [6, 6.07) is 1.30. The first-order chi connectivity index (χ1) is 6.49. The Labute approximate surface area is 91.1 Å². The third kappa shape index (κ3) is 1.91. The Morgan fingerprint density at radius 1 is 1.64 bits per heavy atom. The van der Waals surface area contributed by atoms with Crippen LogP contribution in [-0.4, -0.2) is 11.7 Å². The standard InChI is InChI=1S/C10H13BrFNO/c1-5-3-7(12)10(14)8(9(5)11)6(2)4-13/h3,6,14H,4,13H2,1-2H3. The molecule has 1 aromatic carbocycles. The topological polar surface area (TPSA) is 46.2 Å². The van der Waals surface area contributed by atoms with E-state index < -0.39 is 5.82 Å². The van der Waals surface area contributed by atoms with E-state index in [1.165, 1.54) is 6.07 Å². The Balaban J connectivity index is 3.39. The largest absolute Gasteiger partial charge is 0.505 e. The van der Waals surface area contributed by atoms with Crippen LogP contribution in [0.3, 0.4) is 0 Å². The summed E-state index contributed by atoms with van der Waals surface area (Å²) in [6.07, 6.45) is 0. The number of hydrogen-bond donors (Lipinski definition) is 2. The van der Waals surface area contributed by atoms with E-state index in [9.17, 15) is 9.50 Å². The minimum absolute atomic E-state index is 0.0706. The average molecular weight is 262 g/mol. The van der Waals surface area contributed by atoms with E-state index in [1.807, 2.05) is 6.92 Å². The fraction of sp³-hybridized carbons (Fsp3) is 0.400. The monoisotopic (exact) mass is 261 g/mol. The zero-order valence-electron chi connectivity index (χ0n) is 8.14. The van der Waals surface area contributed by atoms with Crippen molar-refractivity contribution in [3.8, 4) is 5.75 Å². The highest BCUT2D eigenvalue weighted by molar-refractivity contribution is 9.10. The second-order valence-corrected chi connectivity index (χ2v) is 4.18. The highest BCUT2D eigenvalue weighted by Gasteiger charge is 2.18. The predicted octanol–water partition coefficient (Wildman–Crippen LogP) is 2.66. The third-order valence-corrected chi connectivity index (χ3v) is 3.31. The van der Waals surface area contributed by atoms with E-state index in [0.29, 0.717) is 12.1 Å². The second kappa shape index (κ2) is 4.28. The van der Waals surface area contributed by atoms with E-state index in [0.717, 1.165) is 10.0 Å². The molecule has 1 rings (SSSR count). The molecule has 0 aliphatic rings. The van der Waals surface area contributed by atoms with Gasteiger partial charge in [0.1, 0.15) is 0 Å². The highest BCUT2D eigenvalue weighted by atomic mass is 79.9. The van der Waals surface area contributed by atoms with Gasteiger partial charge in [0.05, 0.1) is 0 Å². The Hall–Kier alpha value is -0.610. The van der Waals surface area contributed by atoms with Gasteiger partial charge in [-0.25, -0.2) is 4.39 Å². The van der Waals surface area contributed by atoms with Crippen LogP contribution in [0.1, 0.15) is 24.0 Å². The van der Waals surface area contributed by atoms with Crippen molar-refractivity contribution in [3.63, 3.8) is 0 Å². The van der Waals surface area contributed by atoms with Crippen LogP contribution in [0, 0.1) is 12.7 Å². The molecule has 0 spiro atoms. The number of aromatic hydroxyl groups is 1. The molecule has 2 nitrogen and oxygen atoms in total. The first kappa shape index (κ1) is 11.5. The Kier molecular flexibility index (Phi) is 3.50. The summed E-state index contributed by atoms with van der Waals surface area (Å²) >= 11 is 3.32. The summed E-state index contributed by atoms with van der Waals surface area (Å²) in [5, 5.41) is 9.54. The molecule has 0 radical (unpaired) electrons. The maximum atomic E-state index is 13.2. The first-order valence-corrected chi connectivity index (χ1v) is 5.15. The van der Waals surface area contributed by atoms with Crippen LogP contribution in [0.5, 0.6) is 5.75 Å². The molecule has 78 valence electrons. The van der Waals surface area contributed by atoms with Crippen LogP contribution < -0.4 is 5.73 Å². The first-order valence-electron chi connectivity index (χ1n) is 4.36. The molecule has 0 aromatic heterocycles. The minimum atomic E-state index is -0.596. The lowest BCUT2D eigenvalue weighted by molar-refractivity contribution is 0.421. The van der Waals surface area contributed by atoms with Crippen LogP contribution in [0.4, 0.5) is 4.39 Å². The van der Waals surface area contributed by atoms with Crippen molar-refractivity contribution in [1.29, 1.82) is 0 Å². The third-order valence-electron chi connectivity index (χ3n) is 2.25. The zero-order valence-corrected chi connectivity index (χ0v) is 9.73. The van der Waals surface area contributed by atoms with E-state index >= 15 is 0 Å². The summed E-state index contributed by atoms with van der Waals surface area (Å²) in [5.74, 6) is -0.972. The van der Waals surface area contributed by atoms with Crippen molar-refractivity contribution >= 4 is 15.9 Å². The second-order valence-electron chi connectivity index (χ2n) is 3.39.